The number of aryl methyl sites for hydroxylation is 1. The van der Waals surface area contributed by atoms with Crippen LogP contribution in [0.4, 0.5) is 4.39 Å². The van der Waals surface area contributed by atoms with Crippen LogP contribution in [-0.2, 0) is 11.2 Å². The Hall–Kier alpha value is -1.75. The first-order valence-corrected chi connectivity index (χ1v) is 10.1. The normalized spacial score (nSPS) is 18.1. The molecule has 0 spiro atoms. The Morgan fingerprint density at radius 3 is 2.73 bits per heavy atom. The van der Waals surface area contributed by atoms with Gasteiger partial charge in [0.2, 0.25) is 0 Å². The number of aliphatic carboxylic acids is 1. The van der Waals surface area contributed by atoms with Crippen LogP contribution >= 0.6 is 11.8 Å². The Balaban J connectivity index is 1.99. The van der Waals surface area contributed by atoms with E-state index in [-0.39, 0.29) is 16.4 Å². The second-order valence-electron chi connectivity index (χ2n) is 7.16. The highest BCUT2D eigenvalue weighted by molar-refractivity contribution is 8.00. The second kappa shape index (κ2) is 9.81. The van der Waals surface area contributed by atoms with Gasteiger partial charge < -0.3 is 10.0 Å². The lowest BCUT2D eigenvalue weighted by molar-refractivity contribution is -0.133. The molecule has 0 bridgehead atoms. The molecule has 0 fully saturated rings. The molecule has 1 aliphatic rings. The van der Waals surface area contributed by atoms with E-state index in [0.29, 0.717) is 11.5 Å². The number of thioether (sulfide) groups is 1. The summed E-state index contributed by atoms with van der Waals surface area (Å²) >= 11 is 1.67. The third-order valence-electron chi connectivity index (χ3n) is 4.42. The van der Waals surface area contributed by atoms with Crippen LogP contribution in [0.3, 0.4) is 0 Å². The topological polar surface area (TPSA) is 40.5 Å². The third kappa shape index (κ3) is 6.20. The van der Waals surface area contributed by atoms with Gasteiger partial charge in [0, 0.05) is 18.0 Å². The first-order valence-electron chi connectivity index (χ1n) is 9.14. The predicted molar refractivity (Wildman–Crippen MR) is 107 cm³/mol. The number of benzene rings is 1. The first kappa shape index (κ1) is 20.6. The predicted octanol–water partition coefficient (Wildman–Crippen LogP) is 5.09. The minimum atomic E-state index is -0.862. The summed E-state index contributed by atoms with van der Waals surface area (Å²) in [5, 5.41) is 9.65. The summed E-state index contributed by atoms with van der Waals surface area (Å²) in [5.74, 6) is -0.506. The van der Waals surface area contributed by atoms with Crippen molar-refractivity contribution in [2.45, 2.75) is 50.7 Å². The molecule has 0 radical (unpaired) electrons. The molecule has 0 aliphatic carbocycles. The van der Waals surface area contributed by atoms with Gasteiger partial charge in [0.05, 0.1) is 5.57 Å². The molecule has 1 aromatic carbocycles. The molecule has 0 saturated carbocycles. The first-order chi connectivity index (χ1) is 12.4. The number of hydrogen-bond donors (Lipinski definition) is 1. The molecule has 1 heterocycles. The number of rotatable bonds is 9. The van der Waals surface area contributed by atoms with Crippen molar-refractivity contribution in [1.29, 1.82) is 0 Å². The van der Waals surface area contributed by atoms with Gasteiger partial charge in [-0.05, 0) is 55.0 Å². The Kier molecular flexibility index (Phi) is 7.76. The molecule has 0 saturated heterocycles. The van der Waals surface area contributed by atoms with E-state index in [0.717, 1.165) is 31.4 Å². The fraction of sp³-hybridized carbons (Fsp3) is 0.476. The Morgan fingerprint density at radius 2 is 2.08 bits per heavy atom. The molecule has 142 valence electrons. The summed E-state index contributed by atoms with van der Waals surface area (Å²) in [7, 11) is 0. The molecule has 1 N–H and O–H groups in total. The minimum Gasteiger partial charge on any atom is -0.478 e. The van der Waals surface area contributed by atoms with E-state index in [1.165, 1.54) is 6.07 Å². The van der Waals surface area contributed by atoms with Crippen LogP contribution in [0, 0.1) is 11.7 Å². The molecule has 0 amide bonds. The zero-order valence-electron chi connectivity index (χ0n) is 15.7. The van der Waals surface area contributed by atoms with Crippen LogP contribution in [0.1, 0.15) is 39.2 Å². The van der Waals surface area contributed by atoms with Gasteiger partial charge in [-0.25, -0.2) is 9.18 Å². The van der Waals surface area contributed by atoms with Crippen molar-refractivity contribution in [3.05, 3.63) is 59.6 Å². The lowest BCUT2D eigenvalue weighted by Gasteiger charge is -2.34. The molecule has 26 heavy (non-hydrogen) atoms. The average Bonchev–Trinajstić information content (AvgIpc) is 2.58. The number of hydrogen-bond acceptors (Lipinski definition) is 3. The smallest absolute Gasteiger partial charge is 0.334 e. The number of carboxylic acids is 1. The van der Waals surface area contributed by atoms with E-state index in [9.17, 15) is 14.3 Å². The molecule has 2 rings (SSSR count). The summed E-state index contributed by atoms with van der Waals surface area (Å²) in [6, 6.07) is 6.68. The van der Waals surface area contributed by atoms with E-state index in [1.54, 1.807) is 30.0 Å². The minimum absolute atomic E-state index is 0.182. The molecule has 0 aromatic heterocycles. The van der Waals surface area contributed by atoms with Crippen LogP contribution in [-0.4, -0.2) is 33.1 Å². The summed E-state index contributed by atoms with van der Waals surface area (Å²) in [6.07, 6.45) is 8.19. The fourth-order valence-electron chi connectivity index (χ4n) is 2.87. The molecular weight excluding hydrogens is 349 g/mol. The SMILES string of the molecule is CC(C)CCN1C=CC=C(C(=O)O)C1SC(C)CCc1cccc(F)c1. The van der Waals surface area contributed by atoms with Crippen molar-refractivity contribution in [3.63, 3.8) is 0 Å². The van der Waals surface area contributed by atoms with Crippen LogP contribution in [0.2, 0.25) is 0 Å². The highest BCUT2D eigenvalue weighted by Gasteiger charge is 2.29. The van der Waals surface area contributed by atoms with Crippen molar-refractivity contribution in [3.8, 4) is 0 Å². The van der Waals surface area contributed by atoms with E-state index >= 15 is 0 Å². The third-order valence-corrected chi connectivity index (χ3v) is 5.90. The Bertz CT molecular complexity index is 672. The van der Waals surface area contributed by atoms with Crippen molar-refractivity contribution in [2.24, 2.45) is 5.92 Å². The summed E-state index contributed by atoms with van der Waals surface area (Å²) in [5.41, 5.74) is 1.41. The standard InChI is InChI=1S/C21H28FNO2S/c1-15(2)11-13-23-12-5-8-19(21(24)25)20(23)26-16(3)9-10-17-6-4-7-18(22)14-17/h4-8,12,14-16,20H,9-11,13H2,1-3H3,(H,24,25). The van der Waals surface area contributed by atoms with Gasteiger partial charge in [-0.3, -0.25) is 0 Å². The zero-order chi connectivity index (χ0) is 19.1. The summed E-state index contributed by atoms with van der Waals surface area (Å²) < 4.78 is 13.3. The monoisotopic (exact) mass is 377 g/mol. The van der Waals surface area contributed by atoms with Crippen molar-refractivity contribution in [1.82, 2.24) is 4.90 Å². The van der Waals surface area contributed by atoms with Crippen LogP contribution in [0.25, 0.3) is 0 Å². The van der Waals surface area contributed by atoms with E-state index in [4.69, 9.17) is 0 Å². The lowest BCUT2D eigenvalue weighted by Crippen LogP contribution is -2.36. The van der Waals surface area contributed by atoms with Crippen molar-refractivity contribution in [2.75, 3.05) is 6.54 Å². The van der Waals surface area contributed by atoms with E-state index in [1.807, 2.05) is 18.3 Å². The van der Waals surface area contributed by atoms with Crippen LogP contribution in [0.5, 0.6) is 0 Å². The van der Waals surface area contributed by atoms with E-state index in [2.05, 4.69) is 25.7 Å². The van der Waals surface area contributed by atoms with Gasteiger partial charge in [-0.1, -0.05) is 32.9 Å². The maximum absolute atomic E-state index is 13.3. The number of carbonyl (C=O) groups is 1. The summed E-state index contributed by atoms with van der Waals surface area (Å²) in [6.45, 7) is 7.30. The van der Waals surface area contributed by atoms with Gasteiger partial charge in [0.1, 0.15) is 11.2 Å². The molecule has 1 aliphatic heterocycles. The Morgan fingerprint density at radius 1 is 1.31 bits per heavy atom. The van der Waals surface area contributed by atoms with Crippen molar-refractivity contribution < 1.29 is 14.3 Å². The largest absolute Gasteiger partial charge is 0.478 e. The van der Waals surface area contributed by atoms with Gasteiger partial charge in [0.15, 0.2) is 0 Å². The number of carboxylic acid groups (broad SMARTS) is 1. The van der Waals surface area contributed by atoms with Crippen molar-refractivity contribution >= 4 is 17.7 Å². The quantitative estimate of drug-likeness (QED) is 0.650. The van der Waals surface area contributed by atoms with Gasteiger partial charge in [0.25, 0.3) is 0 Å². The van der Waals surface area contributed by atoms with Gasteiger partial charge in [-0.15, -0.1) is 11.8 Å². The molecule has 1 aromatic rings. The number of nitrogens with zero attached hydrogens (tertiary/aromatic N) is 1. The highest BCUT2D eigenvalue weighted by Crippen LogP contribution is 2.32. The lowest BCUT2D eigenvalue weighted by atomic mass is 10.1. The van der Waals surface area contributed by atoms with Crippen LogP contribution in [0.15, 0.2) is 48.2 Å². The second-order valence-corrected chi connectivity index (χ2v) is 8.68. The maximum atomic E-state index is 13.3. The number of allylic oxidation sites excluding steroid dienone is 2. The van der Waals surface area contributed by atoms with E-state index < -0.39 is 5.97 Å². The molecule has 2 atom stereocenters. The average molecular weight is 378 g/mol. The maximum Gasteiger partial charge on any atom is 0.334 e. The van der Waals surface area contributed by atoms with Gasteiger partial charge >= 0.3 is 5.97 Å². The van der Waals surface area contributed by atoms with Crippen LogP contribution < -0.4 is 0 Å². The fourth-order valence-corrected chi connectivity index (χ4v) is 4.23. The molecule has 3 nitrogen and oxygen atoms in total. The summed E-state index contributed by atoms with van der Waals surface area (Å²) in [4.78, 5) is 13.8. The molecule has 5 heteroatoms. The highest BCUT2D eigenvalue weighted by atomic mass is 32.2. The molecular formula is C21H28FNO2S. The zero-order valence-corrected chi connectivity index (χ0v) is 16.5. The Labute approximate surface area is 160 Å². The van der Waals surface area contributed by atoms with Gasteiger partial charge in [-0.2, -0.15) is 0 Å². The molecule has 2 unspecified atom stereocenters. The number of halogens is 1.